The lowest BCUT2D eigenvalue weighted by atomic mass is 10.0. The van der Waals surface area contributed by atoms with Crippen LogP contribution in [0.1, 0.15) is 40.7 Å². The Morgan fingerprint density at radius 1 is 1.22 bits per heavy atom. The second kappa shape index (κ2) is 7.40. The summed E-state index contributed by atoms with van der Waals surface area (Å²) in [5, 5.41) is 5.60. The fourth-order valence-electron chi connectivity index (χ4n) is 4.50. The highest BCUT2D eigenvalue weighted by molar-refractivity contribution is 6.05. The van der Waals surface area contributed by atoms with Gasteiger partial charge >= 0.3 is 0 Å². The first kappa shape index (κ1) is 18.1. The summed E-state index contributed by atoms with van der Waals surface area (Å²) >= 11 is 0. The standard InChI is InChI=1S/C20H26N4O3/c1-21-9-14-6-7-23(11-14)10-13-2-3-16-15(8-13)12-24(20(16)27)17-4-5-18(25)22-19(17)26/h2-3,8,14,17,21H,4-7,9-12H2,1H3,(H,22,25,26). The molecule has 2 atom stereocenters. The molecule has 2 N–H and O–H groups in total. The molecule has 4 rings (SSSR count). The molecule has 0 aliphatic carbocycles. The highest BCUT2D eigenvalue weighted by Gasteiger charge is 2.39. The van der Waals surface area contributed by atoms with E-state index >= 15 is 0 Å². The number of nitrogens with one attached hydrogen (secondary N) is 2. The molecule has 0 radical (unpaired) electrons. The molecule has 1 aromatic rings. The minimum atomic E-state index is -0.549. The lowest BCUT2D eigenvalue weighted by Gasteiger charge is -2.29. The second-order valence-corrected chi connectivity index (χ2v) is 7.84. The Bertz CT molecular complexity index is 778. The first-order valence-corrected chi connectivity index (χ1v) is 9.68. The van der Waals surface area contributed by atoms with Crippen molar-refractivity contribution in [2.24, 2.45) is 5.92 Å². The average Bonchev–Trinajstić information content (AvgIpc) is 3.20. The molecule has 144 valence electrons. The lowest BCUT2D eigenvalue weighted by Crippen LogP contribution is -2.52. The van der Waals surface area contributed by atoms with Crippen molar-refractivity contribution in [3.05, 3.63) is 34.9 Å². The van der Waals surface area contributed by atoms with Crippen LogP contribution >= 0.6 is 0 Å². The van der Waals surface area contributed by atoms with Gasteiger partial charge in [-0.3, -0.25) is 24.6 Å². The number of likely N-dealkylation sites (tertiary alicyclic amines) is 1. The molecule has 3 amide bonds. The van der Waals surface area contributed by atoms with Gasteiger partial charge in [0, 0.05) is 31.6 Å². The third-order valence-corrected chi connectivity index (χ3v) is 5.86. The Hall–Kier alpha value is -2.25. The summed E-state index contributed by atoms with van der Waals surface area (Å²) in [6.45, 7) is 4.58. The molecule has 2 unspecified atom stereocenters. The van der Waals surface area contributed by atoms with Crippen LogP contribution in [0.3, 0.4) is 0 Å². The van der Waals surface area contributed by atoms with Crippen molar-refractivity contribution >= 4 is 17.7 Å². The highest BCUT2D eigenvalue weighted by Crippen LogP contribution is 2.29. The van der Waals surface area contributed by atoms with Crippen LogP contribution in [0, 0.1) is 5.92 Å². The number of carbonyl (C=O) groups is 3. The maximum atomic E-state index is 12.7. The molecular formula is C20H26N4O3. The van der Waals surface area contributed by atoms with Gasteiger partial charge in [0.15, 0.2) is 0 Å². The van der Waals surface area contributed by atoms with Crippen LogP contribution in [0.25, 0.3) is 0 Å². The van der Waals surface area contributed by atoms with Gasteiger partial charge in [0.05, 0.1) is 0 Å². The smallest absolute Gasteiger partial charge is 0.255 e. The van der Waals surface area contributed by atoms with E-state index in [1.807, 2.05) is 19.2 Å². The highest BCUT2D eigenvalue weighted by atomic mass is 16.2. The van der Waals surface area contributed by atoms with Gasteiger partial charge in [-0.25, -0.2) is 0 Å². The largest absolute Gasteiger partial charge is 0.322 e. The maximum Gasteiger partial charge on any atom is 0.255 e. The van der Waals surface area contributed by atoms with E-state index in [9.17, 15) is 14.4 Å². The second-order valence-electron chi connectivity index (χ2n) is 7.84. The van der Waals surface area contributed by atoms with Crippen LogP contribution in [0.4, 0.5) is 0 Å². The summed E-state index contributed by atoms with van der Waals surface area (Å²) in [7, 11) is 1.99. The fourth-order valence-corrected chi connectivity index (χ4v) is 4.50. The van der Waals surface area contributed by atoms with Crippen LogP contribution in [0.5, 0.6) is 0 Å². The lowest BCUT2D eigenvalue weighted by molar-refractivity contribution is -0.136. The molecule has 7 nitrogen and oxygen atoms in total. The predicted octanol–water partition coefficient (Wildman–Crippen LogP) is 0.489. The minimum Gasteiger partial charge on any atom is -0.322 e. The molecule has 7 heteroatoms. The normalized spacial score (nSPS) is 25.8. The molecule has 27 heavy (non-hydrogen) atoms. The zero-order valence-corrected chi connectivity index (χ0v) is 15.7. The number of imide groups is 1. The SMILES string of the molecule is CNCC1CCN(Cc2ccc3c(c2)CN(C2CCC(=O)NC2=O)C3=O)C1. The van der Waals surface area contributed by atoms with Crippen LogP contribution in [0.2, 0.25) is 0 Å². The van der Waals surface area contributed by atoms with Crippen LogP contribution in [-0.4, -0.2) is 60.2 Å². The van der Waals surface area contributed by atoms with Crippen LogP contribution in [-0.2, 0) is 22.7 Å². The van der Waals surface area contributed by atoms with Gasteiger partial charge in [-0.2, -0.15) is 0 Å². The topological polar surface area (TPSA) is 81.8 Å². The van der Waals surface area contributed by atoms with E-state index in [-0.39, 0.29) is 24.1 Å². The quantitative estimate of drug-likeness (QED) is 0.738. The molecule has 2 saturated heterocycles. The Morgan fingerprint density at radius 2 is 2.07 bits per heavy atom. The summed E-state index contributed by atoms with van der Waals surface area (Å²) in [5.41, 5.74) is 2.86. The Balaban J connectivity index is 1.43. The zero-order valence-electron chi connectivity index (χ0n) is 15.7. The monoisotopic (exact) mass is 370 g/mol. The van der Waals surface area contributed by atoms with Crippen molar-refractivity contribution in [1.82, 2.24) is 20.4 Å². The van der Waals surface area contributed by atoms with Crippen LogP contribution in [0.15, 0.2) is 18.2 Å². The van der Waals surface area contributed by atoms with E-state index in [1.54, 1.807) is 4.90 Å². The number of hydrogen-bond acceptors (Lipinski definition) is 5. The van der Waals surface area contributed by atoms with Crippen molar-refractivity contribution in [3.8, 4) is 0 Å². The number of rotatable bonds is 5. The number of piperidine rings is 1. The zero-order chi connectivity index (χ0) is 19.0. The number of nitrogens with zero attached hydrogens (tertiary/aromatic N) is 2. The number of carbonyl (C=O) groups excluding carboxylic acids is 3. The van der Waals surface area contributed by atoms with E-state index < -0.39 is 6.04 Å². The summed E-state index contributed by atoms with van der Waals surface area (Å²) in [4.78, 5) is 40.3. The number of benzene rings is 1. The average molecular weight is 370 g/mol. The molecule has 0 saturated carbocycles. The summed E-state index contributed by atoms with van der Waals surface area (Å²) < 4.78 is 0. The predicted molar refractivity (Wildman–Crippen MR) is 99.8 cm³/mol. The Morgan fingerprint density at radius 3 is 2.85 bits per heavy atom. The maximum absolute atomic E-state index is 12.7. The van der Waals surface area contributed by atoms with Crippen molar-refractivity contribution in [2.75, 3.05) is 26.7 Å². The molecular weight excluding hydrogens is 344 g/mol. The van der Waals surface area contributed by atoms with E-state index in [1.165, 1.54) is 12.0 Å². The van der Waals surface area contributed by atoms with Gasteiger partial charge in [-0.15, -0.1) is 0 Å². The number of hydrogen-bond donors (Lipinski definition) is 2. The number of amides is 3. The molecule has 3 aliphatic rings. The van der Waals surface area contributed by atoms with E-state index in [2.05, 4.69) is 21.6 Å². The molecule has 0 spiro atoms. The third kappa shape index (κ3) is 3.61. The van der Waals surface area contributed by atoms with E-state index in [4.69, 9.17) is 0 Å². The summed E-state index contributed by atoms with van der Waals surface area (Å²) in [5.74, 6) is -0.0273. The molecule has 2 fully saturated rings. The van der Waals surface area contributed by atoms with Crippen molar-refractivity contribution < 1.29 is 14.4 Å². The van der Waals surface area contributed by atoms with Gasteiger partial charge in [0.25, 0.3) is 5.91 Å². The molecule has 3 aliphatic heterocycles. The molecule has 1 aromatic carbocycles. The van der Waals surface area contributed by atoms with Gasteiger partial charge in [-0.1, -0.05) is 12.1 Å². The number of fused-ring (bicyclic) bond motifs is 1. The first-order valence-electron chi connectivity index (χ1n) is 9.68. The van der Waals surface area contributed by atoms with Gasteiger partial charge in [-0.05, 0) is 56.1 Å². The minimum absolute atomic E-state index is 0.110. The Kier molecular flexibility index (Phi) is 4.97. The molecule has 3 heterocycles. The first-order chi connectivity index (χ1) is 13.0. The van der Waals surface area contributed by atoms with Crippen LogP contribution < -0.4 is 10.6 Å². The van der Waals surface area contributed by atoms with Gasteiger partial charge in [0.2, 0.25) is 11.8 Å². The fraction of sp³-hybridized carbons (Fsp3) is 0.550. The molecule has 0 aromatic heterocycles. The van der Waals surface area contributed by atoms with Gasteiger partial charge < -0.3 is 10.2 Å². The van der Waals surface area contributed by atoms with Crippen molar-refractivity contribution in [2.45, 2.75) is 38.4 Å². The summed E-state index contributed by atoms with van der Waals surface area (Å²) in [6.07, 6.45) is 1.90. The third-order valence-electron chi connectivity index (χ3n) is 5.86. The Labute approximate surface area is 159 Å². The van der Waals surface area contributed by atoms with E-state index in [0.29, 0.717) is 24.4 Å². The summed E-state index contributed by atoms with van der Waals surface area (Å²) in [6, 6.07) is 5.47. The van der Waals surface area contributed by atoms with Crippen molar-refractivity contribution in [1.29, 1.82) is 0 Å². The van der Waals surface area contributed by atoms with Crippen molar-refractivity contribution in [3.63, 3.8) is 0 Å². The molecule has 0 bridgehead atoms. The van der Waals surface area contributed by atoms with Gasteiger partial charge in [0.1, 0.15) is 6.04 Å². The van der Waals surface area contributed by atoms with E-state index in [0.717, 1.165) is 31.7 Å².